The van der Waals surface area contributed by atoms with Crippen molar-refractivity contribution in [3.63, 3.8) is 0 Å². The largest absolute Gasteiger partial charge is 0.465 e. The zero-order chi connectivity index (χ0) is 26.5. The first kappa shape index (κ1) is 25.2. The second-order valence-corrected chi connectivity index (χ2v) is 12.5. The van der Waals surface area contributed by atoms with E-state index in [-0.39, 0.29) is 30.9 Å². The Morgan fingerprint density at radius 1 is 1.00 bits per heavy atom. The molecule has 6 rings (SSSR count). The molecule has 0 saturated carbocycles. The number of likely N-dealkylation sites (tertiary alicyclic amines) is 1. The van der Waals surface area contributed by atoms with Gasteiger partial charge in [-0.2, -0.15) is 0 Å². The summed E-state index contributed by atoms with van der Waals surface area (Å²) in [7, 11) is 0. The smallest absolute Gasteiger partial charge is 0.311 e. The van der Waals surface area contributed by atoms with Crippen LogP contribution in [0.3, 0.4) is 0 Å². The van der Waals surface area contributed by atoms with Crippen LogP contribution in [0.4, 0.5) is 5.69 Å². The van der Waals surface area contributed by atoms with E-state index in [1.54, 1.807) is 4.90 Å². The van der Waals surface area contributed by atoms with E-state index in [1.807, 2.05) is 67.6 Å². The number of aliphatic hydroxyl groups is 1. The lowest BCUT2D eigenvalue weighted by Gasteiger charge is -2.36. The number of nitrogens with zero attached hydrogens (tertiary/aromatic N) is 2. The Hall–Kier alpha value is -3.10. The molecule has 5 atom stereocenters. The van der Waals surface area contributed by atoms with Crippen LogP contribution in [0.2, 0.25) is 0 Å². The van der Waals surface area contributed by atoms with E-state index in [2.05, 4.69) is 6.08 Å². The lowest BCUT2D eigenvalue weighted by Crippen LogP contribution is -2.54. The van der Waals surface area contributed by atoms with Gasteiger partial charge in [0, 0.05) is 23.5 Å². The third-order valence-corrected chi connectivity index (χ3v) is 10.2. The van der Waals surface area contributed by atoms with Gasteiger partial charge in [0.1, 0.15) is 6.04 Å². The van der Waals surface area contributed by atoms with Gasteiger partial charge in [0.2, 0.25) is 5.91 Å². The van der Waals surface area contributed by atoms with Crippen LogP contribution in [0.1, 0.15) is 26.2 Å². The summed E-state index contributed by atoms with van der Waals surface area (Å²) in [6.07, 6.45) is 10.7. The third-order valence-electron chi connectivity index (χ3n) is 8.39. The minimum absolute atomic E-state index is 0.0295. The second kappa shape index (κ2) is 9.58. The van der Waals surface area contributed by atoms with Crippen molar-refractivity contribution < 1.29 is 24.2 Å². The number of β-amino-alcohol motifs (C(OH)–C–C–N with tert-alkyl or cyclic N) is 1. The van der Waals surface area contributed by atoms with Crippen LogP contribution >= 0.6 is 11.8 Å². The molecular formula is C30H32N2O5S. The van der Waals surface area contributed by atoms with E-state index in [0.717, 1.165) is 35.7 Å². The van der Waals surface area contributed by atoms with E-state index in [4.69, 9.17) is 4.74 Å². The topological polar surface area (TPSA) is 87.1 Å². The molecule has 4 heterocycles. The first-order valence-electron chi connectivity index (χ1n) is 13.3. The number of ether oxygens (including phenoxy) is 1. The molecule has 0 bridgehead atoms. The van der Waals surface area contributed by atoms with E-state index in [9.17, 15) is 19.5 Å². The summed E-state index contributed by atoms with van der Waals surface area (Å²) in [5.41, 5.74) is 0.753. The molecule has 8 heteroatoms. The van der Waals surface area contributed by atoms with Crippen LogP contribution in [0.25, 0.3) is 10.8 Å². The Morgan fingerprint density at radius 2 is 1.82 bits per heavy atom. The Balaban J connectivity index is 1.46. The Morgan fingerprint density at radius 3 is 2.63 bits per heavy atom. The summed E-state index contributed by atoms with van der Waals surface area (Å²) in [5.74, 6) is -2.35. The maximum atomic E-state index is 14.4. The quantitative estimate of drug-likeness (QED) is 0.479. The molecule has 0 radical (unpaired) electrons. The molecule has 1 spiro atoms. The van der Waals surface area contributed by atoms with Crippen LogP contribution < -0.4 is 4.90 Å². The molecule has 2 amide bonds. The summed E-state index contributed by atoms with van der Waals surface area (Å²) in [5, 5.41) is 12.0. The fraction of sp³-hybridized carbons (Fsp3) is 0.433. The molecule has 2 aromatic rings. The number of carbonyl (C=O) groups excluding carboxylic acids is 3. The van der Waals surface area contributed by atoms with Crippen molar-refractivity contribution in [2.75, 3.05) is 31.2 Å². The van der Waals surface area contributed by atoms with Crippen LogP contribution in [-0.2, 0) is 19.1 Å². The zero-order valence-electron chi connectivity index (χ0n) is 21.4. The highest BCUT2D eigenvalue weighted by molar-refractivity contribution is 8.02. The Labute approximate surface area is 226 Å². The highest BCUT2D eigenvalue weighted by atomic mass is 32.2. The number of aliphatic hydroxyl groups excluding tert-OH is 1. The molecule has 1 N–H and O–H groups in total. The predicted octanol–water partition coefficient (Wildman–Crippen LogP) is 3.71. The number of amides is 2. The van der Waals surface area contributed by atoms with Gasteiger partial charge in [-0.1, -0.05) is 54.6 Å². The maximum absolute atomic E-state index is 14.4. The minimum Gasteiger partial charge on any atom is -0.465 e. The lowest BCUT2D eigenvalue weighted by atomic mass is 9.74. The average Bonchev–Trinajstić information content (AvgIpc) is 3.23. The first-order valence-corrected chi connectivity index (χ1v) is 14.1. The number of thioether (sulfide) groups is 1. The SMILES string of the molecule is C[C@@]12/C=C\CCCCOC(=O)[C@@H]1[C@H]1C(=O)N(CCO)C3C(=O)N(c4ccc5ccccc5c4)CC=C[C@@]31S2. The van der Waals surface area contributed by atoms with Gasteiger partial charge in [-0.3, -0.25) is 14.4 Å². The van der Waals surface area contributed by atoms with E-state index in [1.165, 1.54) is 16.7 Å². The molecule has 7 nitrogen and oxygen atoms in total. The number of allylic oxidation sites excluding steroid dienone is 1. The van der Waals surface area contributed by atoms with E-state index in [0.29, 0.717) is 13.2 Å². The molecule has 2 aromatic carbocycles. The average molecular weight is 533 g/mol. The van der Waals surface area contributed by atoms with Crippen molar-refractivity contribution in [2.45, 2.75) is 41.7 Å². The van der Waals surface area contributed by atoms with E-state index >= 15 is 0 Å². The van der Waals surface area contributed by atoms with Crippen molar-refractivity contribution in [3.8, 4) is 0 Å². The highest BCUT2D eigenvalue weighted by Crippen LogP contribution is 2.65. The first-order chi connectivity index (χ1) is 18.4. The number of benzene rings is 2. The van der Waals surface area contributed by atoms with Crippen molar-refractivity contribution >= 4 is 46.0 Å². The van der Waals surface area contributed by atoms with Gasteiger partial charge in [0.15, 0.2) is 0 Å². The molecule has 0 aliphatic carbocycles. The summed E-state index contributed by atoms with van der Waals surface area (Å²) in [4.78, 5) is 45.2. The van der Waals surface area contributed by atoms with Gasteiger partial charge in [0.05, 0.1) is 29.8 Å². The number of cyclic esters (lactones) is 1. The van der Waals surface area contributed by atoms with Crippen molar-refractivity contribution in [1.29, 1.82) is 0 Å². The standard InChI is InChI=1S/C30H32N2O5S/c1-29-13-6-2-3-7-18-37-28(36)24(29)23-26(34)32(16-17-33)25-27(35)31(15-8-14-30(23,25)38-29)22-12-11-20-9-4-5-10-21(20)19-22/h4-6,8-14,19,23-25,33H,2-3,7,15-18H2,1H3/b13-6-/t23-,24-,25?,29+,30-/m0/s1. The molecule has 0 aromatic heterocycles. The maximum Gasteiger partial charge on any atom is 0.311 e. The van der Waals surface area contributed by atoms with Crippen LogP contribution in [-0.4, -0.2) is 69.6 Å². The molecule has 2 fully saturated rings. The van der Waals surface area contributed by atoms with Gasteiger partial charge < -0.3 is 19.6 Å². The normalized spacial score (nSPS) is 33.9. The molecule has 38 heavy (non-hydrogen) atoms. The number of carbonyl (C=O) groups is 3. The van der Waals surface area contributed by atoms with Gasteiger partial charge in [-0.05, 0) is 49.1 Å². The highest BCUT2D eigenvalue weighted by Gasteiger charge is 2.73. The summed E-state index contributed by atoms with van der Waals surface area (Å²) in [6.45, 7) is 2.42. The minimum atomic E-state index is -0.953. The molecule has 1 unspecified atom stereocenters. The van der Waals surface area contributed by atoms with Crippen molar-refractivity contribution in [2.24, 2.45) is 11.8 Å². The lowest BCUT2D eigenvalue weighted by molar-refractivity contribution is -0.154. The second-order valence-electron chi connectivity index (χ2n) is 10.7. The summed E-state index contributed by atoms with van der Waals surface area (Å²) >= 11 is 1.53. The van der Waals surface area contributed by atoms with Gasteiger partial charge >= 0.3 is 5.97 Å². The number of anilines is 1. The third kappa shape index (κ3) is 3.80. The van der Waals surface area contributed by atoms with Crippen LogP contribution in [0.5, 0.6) is 0 Å². The summed E-state index contributed by atoms with van der Waals surface area (Å²) < 4.78 is 4.03. The molecular weight excluding hydrogens is 500 g/mol. The molecule has 4 aliphatic rings. The number of hydrogen-bond donors (Lipinski definition) is 1. The molecule has 2 saturated heterocycles. The molecule has 4 aliphatic heterocycles. The summed E-state index contributed by atoms with van der Waals surface area (Å²) in [6, 6.07) is 13.1. The number of fused-ring (bicyclic) bond motifs is 3. The Bertz CT molecular complexity index is 1360. The van der Waals surface area contributed by atoms with Crippen LogP contribution in [0, 0.1) is 11.8 Å². The fourth-order valence-corrected chi connectivity index (χ4v) is 8.87. The number of esters is 1. The van der Waals surface area contributed by atoms with Gasteiger partial charge in [-0.25, -0.2) is 0 Å². The van der Waals surface area contributed by atoms with Crippen LogP contribution in [0.15, 0.2) is 66.8 Å². The van der Waals surface area contributed by atoms with Crippen molar-refractivity contribution in [1.82, 2.24) is 4.90 Å². The molecule has 198 valence electrons. The fourth-order valence-electron chi connectivity index (χ4n) is 6.72. The van der Waals surface area contributed by atoms with Gasteiger partial charge in [-0.15, -0.1) is 11.8 Å². The van der Waals surface area contributed by atoms with Gasteiger partial charge in [0.25, 0.3) is 5.91 Å². The predicted molar refractivity (Wildman–Crippen MR) is 148 cm³/mol. The zero-order valence-corrected chi connectivity index (χ0v) is 22.2. The number of rotatable bonds is 3. The number of hydrogen-bond acceptors (Lipinski definition) is 6. The Kier molecular flexibility index (Phi) is 6.35. The van der Waals surface area contributed by atoms with Crippen molar-refractivity contribution in [3.05, 3.63) is 66.8 Å². The van der Waals surface area contributed by atoms with E-state index < -0.39 is 27.4 Å². The monoisotopic (exact) mass is 532 g/mol.